The van der Waals surface area contributed by atoms with Gasteiger partial charge in [0.1, 0.15) is 5.75 Å². The van der Waals surface area contributed by atoms with E-state index in [9.17, 15) is 0 Å². The van der Waals surface area contributed by atoms with Crippen molar-refractivity contribution in [2.24, 2.45) is 0 Å². The predicted octanol–water partition coefficient (Wildman–Crippen LogP) is 0.911. The molecule has 1 heterocycles. The second-order valence-corrected chi connectivity index (χ2v) is 2.51. The van der Waals surface area contributed by atoms with Gasteiger partial charge in [0.2, 0.25) is 0 Å². The van der Waals surface area contributed by atoms with Crippen LogP contribution in [0.3, 0.4) is 0 Å². The topological polar surface area (TPSA) is 45.6 Å². The average molecular weight is 168 g/mol. The van der Waals surface area contributed by atoms with Gasteiger partial charge in [-0.2, -0.15) is 5.06 Å². The predicted molar refractivity (Wildman–Crippen MR) is 44.0 cm³/mol. The Morgan fingerprint density at radius 1 is 1.58 bits per heavy atom. The summed E-state index contributed by atoms with van der Waals surface area (Å²) in [5.74, 6) is 0.722. The molecule has 0 atom stereocenters. The molecule has 0 radical (unpaired) electrons. The number of aromatic nitrogens is 1. The molecule has 1 rings (SSSR count). The van der Waals surface area contributed by atoms with Crippen LogP contribution < -0.4 is 4.74 Å². The van der Waals surface area contributed by atoms with Crippen LogP contribution >= 0.6 is 0 Å². The van der Waals surface area contributed by atoms with E-state index in [1.807, 2.05) is 12.1 Å². The molecular formula is C8H12N2O2. The first-order valence-electron chi connectivity index (χ1n) is 3.61. The molecule has 12 heavy (non-hydrogen) atoms. The van der Waals surface area contributed by atoms with Crippen molar-refractivity contribution in [1.82, 2.24) is 10.0 Å². The number of nitrogens with zero attached hydrogens (tertiary/aromatic N) is 2. The van der Waals surface area contributed by atoms with E-state index in [0.29, 0.717) is 6.54 Å². The molecular weight excluding hydrogens is 156 g/mol. The highest BCUT2D eigenvalue weighted by Crippen LogP contribution is 2.08. The summed E-state index contributed by atoms with van der Waals surface area (Å²) in [4.78, 5) is 4.06. The third-order valence-electron chi connectivity index (χ3n) is 1.42. The van der Waals surface area contributed by atoms with Gasteiger partial charge in [0.05, 0.1) is 25.5 Å². The van der Waals surface area contributed by atoms with E-state index < -0.39 is 0 Å². The van der Waals surface area contributed by atoms with Crippen molar-refractivity contribution >= 4 is 0 Å². The van der Waals surface area contributed by atoms with Crippen molar-refractivity contribution in [1.29, 1.82) is 0 Å². The maximum Gasteiger partial charge on any atom is 0.137 e. The minimum Gasteiger partial charge on any atom is -0.495 e. The van der Waals surface area contributed by atoms with Crippen LogP contribution in [0.5, 0.6) is 5.75 Å². The lowest BCUT2D eigenvalue weighted by Crippen LogP contribution is -2.12. The molecule has 1 N–H and O–H groups in total. The maximum atomic E-state index is 8.89. The zero-order chi connectivity index (χ0) is 8.97. The molecule has 66 valence electrons. The molecule has 0 fully saturated rings. The molecule has 0 aliphatic heterocycles. The Hall–Kier alpha value is -1.13. The smallest absolute Gasteiger partial charge is 0.137 e. The molecule has 0 amide bonds. The number of hydrogen-bond acceptors (Lipinski definition) is 4. The van der Waals surface area contributed by atoms with Gasteiger partial charge >= 0.3 is 0 Å². The van der Waals surface area contributed by atoms with E-state index in [2.05, 4.69) is 4.98 Å². The second kappa shape index (κ2) is 4.04. The summed E-state index contributed by atoms with van der Waals surface area (Å²) in [6.45, 7) is 0.421. The van der Waals surface area contributed by atoms with Crippen LogP contribution in [0.2, 0.25) is 0 Å². The zero-order valence-corrected chi connectivity index (χ0v) is 7.19. The van der Waals surface area contributed by atoms with Crippen molar-refractivity contribution in [2.45, 2.75) is 6.54 Å². The van der Waals surface area contributed by atoms with Gasteiger partial charge in [-0.15, -0.1) is 0 Å². The normalized spacial score (nSPS) is 10.3. The van der Waals surface area contributed by atoms with Crippen molar-refractivity contribution in [3.05, 3.63) is 24.0 Å². The number of hydrogen-bond donors (Lipinski definition) is 1. The minimum atomic E-state index is 0.421. The van der Waals surface area contributed by atoms with Crippen LogP contribution in [0.4, 0.5) is 0 Å². The Labute approximate surface area is 71.4 Å². The fraction of sp³-hybridized carbons (Fsp3) is 0.375. The fourth-order valence-electron chi connectivity index (χ4n) is 0.860. The van der Waals surface area contributed by atoms with Gasteiger partial charge in [0, 0.05) is 7.05 Å². The summed E-state index contributed by atoms with van der Waals surface area (Å²) in [5.41, 5.74) is 0.806. The largest absolute Gasteiger partial charge is 0.495 e. The highest BCUT2D eigenvalue weighted by atomic mass is 16.5. The van der Waals surface area contributed by atoms with Crippen LogP contribution in [0, 0.1) is 0 Å². The van der Waals surface area contributed by atoms with E-state index in [4.69, 9.17) is 9.94 Å². The maximum absolute atomic E-state index is 8.89. The average Bonchev–Trinajstić information content (AvgIpc) is 2.05. The van der Waals surface area contributed by atoms with Gasteiger partial charge in [0.15, 0.2) is 0 Å². The molecule has 0 bridgehead atoms. The molecule has 1 aromatic heterocycles. The summed E-state index contributed by atoms with van der Waals surface area (Å²) in [6, 6.07) is 3.62. The van der Waals surface area contributed by atoms with Gasteiger partial charge in [-0.1, -0.05) is 0 Å². The lowest BCUT2D eigenvalue weighted by atomic mass is 10.3. The molecule has 4 heteroatoms. The monoisotopic (exact) mass is 168 g/mol. The van der Waals surface area contributed by atoms with Crippen LogP contribution in [0.1, 0.15) is 5.69 Å². The molecule has 0 unspecified atom stereocenters. The van der Waals surface area contributed by atoms with E-state index in [0.717, 1.165) is 16.5 Å². The standard InChI is InChI=1S/C8H12N2O2/c1-10(11)6-7-3-4-8(12-2)5-9-7/h3-5,11H,6H2,1-2H3. The summed E-state index contributed by atoms with van der Waals surface area (Å²) in [7, 11) is 3.17. The highest BCUT2D eigenvalue weighted by Gasteiger charge is 1.97. The molecule has 0 spiro atoms. The minimum absolute atomic E-state index is 0.421. The van der Waals surface area contributed by atoms with Gasteiger partial charge in [-0.25, -0.2) is 0 Å². The van der Waals surface area contributed by atoms with Crippen molar-refractivity contribution in [3.63, 3.8) is 0 Å². The first kappa shape index (κ1) is 8.96. The third-order valence-corrected chi connectivity index (χ3v) is 1.42. The van der Waals surface area contributed by atoms with Gasteiger partial charge < -0.3 is 9.94 Å². The number of pyridine rings is 1. The molecule has 0 aliphatic rings. The quantitative estimate of drug-likeness (QED) is 0.681. The first-order valence-corrected chi connectivity index (χ1v) is 3.61. The van der Waals surface area contributed by atoms with Crippen LogP contribution in [-0.2, 0) is 6.54 Å². The van der Waals surface area contributed by atoms with E-state index in [-0.39, 0.29) is 0 Å². The zero-order valence-electron chi connectivity index (χ0n) is 7.19. The Kier molecular flexibility index (Phi) is 3.01. The Bertz CT molecular complexity index is 233. The van der Waals surface area contributed by atoms with Crippen LogP contribution in [0.25, 0.3) is 0 Å². The summed E-state index contributed by atoms with van der Waals surface area (Å²) in [5, 5.41) is 9.97. The van der Waals surface area contributed by atoms with Gasteiger partial charge in [0.25, 0.3) is 0 Å². The van der Waals surface area contributed by atoms with E-state index in [1.165, 1.54) is 0 Å². The van der Waals surface area contributed by atoms with Crippen LogP contribution in [-0.4, -0.2) is 29.4 Å². The number of rotatable bonds is 3. The van der Waals surface area contributed by atoms with Gasteiger partial charge in [-0.3, -0.25) is 4.98 Å². The Morgan fingerprint density at radius 2 is 2.33 bits per heavy atom. The van der Waals surface area contributed by atoms with Crippen molar-refractivity contribution < 1.29 is 9.94 Å². The molecule has 0 saturated heterocycles. The Morgan fingerprint density at radius 3 is 2.75 bits per heavy atom. The van der Waals surface area contributed by atoms with Crippen molar-refractivity contribution in [2.75, 3.05) is 14.2 Å². The first-order chi connectivity index (χ1) is 5.72. The number of methoxy groups -OCH3 is 1. The highest BCUT2D eigenvalue weighted by molar-refractivity contribution is 5.19. The van der Waals surface area contributed by atoms with Gasteiger partial charge in [-0.05, 0) is 12.1 Å². The molecule has 1 aromatic rings. The SMILES string of the molecule is COc1ccc(CN(C)O)nc1. The Balaban J connectivity index is 2.65. The van der Waals surface area contributed by atoms with E-state index in [1.54, 1.807) is 20.4 Å². The second-order valence-electron chi connectivity index (χ2n) is 2.51. The fourth-order valence-corrected chi connectivity index (χ4v) is 0.860. The molecule has 4 nitrogen and oxygen atoms in total. The molecule has 0 aliphatic carbocycles. The molecule has 0 saturated carbocycles. The lowest BCUT2D eigenvalue weighted by Gasteiger charge is -2.06. The number of ether oxygens (including phenoxy) is 1. The summed E-state index contributed by atoms with van der Waals surface area (Å²) < 4.78 is 4.94. The lowest BCUT2D eigenvalue weighted by molar-refractivity contribution is -0.0740. The van der Waals surface area contributed by atoms with E-state index >= 15 is 0 Å². The third kappa shape index (κ3) is 2.48. The van der Waals surface area contributed by atoms with Crippen molar-refractivity contribution in [3.8, 4) is 5.75 Å². The summed E-state index contributed by atoms with van der Waals surface area (Å²) >= 11 is 0. The molecule has 0 aromatic carbocycles. The number of hydroxylamine groups is 2. The summed E-state index contributed by atoms with van der Waals surface area (Å²) in [6.07, 6.45) is 1.62. The van der Waals surface area contributed by atoms with Crippen LogP contribution in [0.15, 0.2) is 18.3 Å².